The van der Waals surface area contributed by atoms with Crippen LogP contribution in [0.25, 0.3) is 43.6 Å². The zero-order chi connectivity index (χ0) is 64.0. The van der Waals surface area contributed by atoms with Gasteiger partial charge in [0, 0.05) is 47.0 Å². The lowest BCUT2D eigenvalue weighted by Gasteiger charge is -2.24. The van der Waals surface area contributed by atoms with Crippen LogP contribution in [0.2, 0.25) is 10.0 Å². The summed E-state index contributed by atoms with van der Waals surface area (Å²) in [5.74, 6) is 3.38. The first kappa shape index (κ1) is 71.4. The zero-order valence-corrected chi connectivity index (χ0v) is 59.4. The van der Waals surface area contributed by atoms with Crippen molar-refractivity contribution in [2.45, 2.75) is 323 Å². The van der Waals surface area contributed by atoms with Gasteiger partial charge in [-0.15, -0.1) is 0 Å². The number of hydrogen-bond donors (Lipinski definition) is 0. The van der Waals surface area contributed by atoms with Gasteiger partial charge in [0.1, 0.15) is 32.1 Å². The second-order valence-corrected chi connectivity index (χ2v) is 28.2. The average molecular weight is 1290 g/mol. The minimum Gasteiger partial charge on any atom is -0.491 e. The molecule has 0 radical (unpaired) electrons. The number of unbranched alkanes of at least 4 members (excludes halogenated alkanes) is 40. The van der Waals surface area contributed by atoms with Crippen molar-refractivity contribution in [1.82, 2.24) is 9.13 Å². The van der Waals surface area contributed by atoms with Gasteiger partial charge in [0.05, 0.1) is 35.0 Å². The Balaban J connectivity index is 0.960. The monoisotopic (exact) mass is 1290 g/mol. The van der Waals surface area contributed by atoms with Crippen molar-refractivity contribution in [2.75, 3.05) is 13.2 Å². The van der Waals surface area contributed by atoms with Crippen molar-refractivity contribution in [3.05, 3.63) is 81.4 Å². The van der Waals surface area contributed by atoms with E-state index in [1.807, 2.05) is 0 Å². The predicted octanol–water partition coefficient (Wildman–Crippen LogP) is 27.3. The summed E-state index contributed by atoms with van der Waals surface area (Å²) in [5.41, 5.74) is 5.75. The molecule has 0 unspecified atom stereocenters. The van der Waals surface area contributed by atoms with Gasteiger partial charge in [-0.3, -0.25) is 0 Å². The number of benzene rings is 5. The van der Waals surface area contributed by atoms with E-state index in [1.54, 1.807) is 0 Å². The standard InChI is InChI=1S/C82H118Cl2N4O4/c1-5-9-13-17-21-23-25-27-29-31-33-35-37-39-41-49-57-87-65-55-47-45-53-63(65)71-67(87)61-69(89-59-51-43-19-15-11-7-3)75-79(71)91-81-73(83)78-82(74(84)77(81)85-75)92-80-72-64-54-46-48-56-66(64)88(68(72)62-70(76(80)86-78)90-60-52-44-20-16-12-8-4)58-50-42-40-38-36-34-32-30-28-26-24-22-18-14-10-6-2/h45-48,53-56,61-62H,5-44,49-52,57-60H2,1-4H3. The number of rotatable bonds is 50. The zero-order valence-electron chi connectivity index (χ0n) is 57.9. The summed E-state index contributed by atoms with van der Waals surface area (Å²) in [7, 11) is 0. The van der Waals surface area contributed by atoms with Crippen molar-refractivity contribution in [2.24, 2.45) is 9.98 Å². The maximum Gasteiger partial charge on any atom is 0.175 e. The first-order valence-electron chi connectivity index (χ1n) is 38.2. The smallest absolute Gasteiger partial charge is 0.175 e. The minimum atomic E-state index is 0.302. The van der Waals surface area contributed by atoms with E-state index in [-0.39, 0.29) is 0 Å². The third kappa shape index (κ3) is 19.6. The van der Waals surface area contributed by atoms with E-state index in [4.69, 9.17) is 52.1 Å². The summed E-state index contributed by atoms with van der Waals surface area (Å²) in [6, 6.07) is 21.9. The van der Waals surface area contributed by atoms with E-state index in [0.717, 1.165) is 84.2 Å². The Labute approximate surface area is 565 Å². The maximum atomic E-state index is 7.72. The van der Waals surface area contributed by atoms with Crippen LogP contribution in [0.15, 0.2) is 70.6 Å². The molecule has 0 atom stereocenters. The van der Waals surface area contributed by atoms with Gasteiger partial charge in [0.2, 0.25) is 0 Å². The van der Waals surface area contributed by atoms with Gasteiger partial charge in [-0.1, -0.05) is 344 Å². The number of halogens is 2. The summed E-state index contributed by atoms with van der Waals surface area (Å²) >= 11 is 15.4. The van der Waals surface area contributed by atoms with E-state index >= 15 is 0 Å². The normalized spacial score (nSPS) is 12.5. The second kappa shape index (κ2) is 39.8. The summed E-state index contributed by atoms with van der Waals surface area (Å²) in [6.45, 7) is 12.1. The molecule has 0 bridgehead atoms. The van der Waals surface area contributed by atoms with Crippen molar-refractivity contribution < 1.29 is 18.9 Å². The molecule has 0 saturated carbocycles. The fourth-order valence-electron chi connectivity index (χ4n) is 14.6. The summed E-state index contributed by atoms with van der Waals surface area (Å²) < 4.78 is 33.2. The van der Waals surface area contributed by atoms with Crippen LogP contribution in [0.3, 0.4) is 0 Å². The number of para-hydroxylation sites is 2. The van der Waals surface area contributed by atoms with Gasteiger partial charge in [-0.25, -0.2) is 9.98 Å². The van der Waals surface area contributed by atoms with Crippen LogP contribution in [0.5, 0.6) is 34.5 Å². The van der Waals surface area contributed by atoms with E-state index in [2.05, 4.69) is 97.5 Å². The van der Waals surface area contributed by atoms with Gasteiger partial charge in [0.15, 0.2) is 34.5 Å². The van der Waals surface area contributed by atoms with Gasteiger partial charge in [-0.2, -0.15) is 0 Å². The summed E-state index contributed by atoms with van der Waals surface area (Å²) in [6.07, 6.45) is 57.2. The molecule has 2 aliphatic heterocycles. The lowest BCUT2D eigenvalue weighted by molar-refractivity contribution is 0.303. The van der Waals surface area contributed by atoms with Crippen molar-refractivity contribution in [3.8, 4) is 34.5 Å². The molecule has 2 aliphatic rings. The molecular formula is C82H118Cl2N4O4. The summed E-state index contributed by atoms with van der Waals surface area (Å²) in [5, 5.41) is 5.67. The third-order valence-electron chi connectivity index (χ3n) is 20.0. The molecule has 5 aromatic carbocycles. The van der Waals surface area contributed by atoms with Crippen LogP contribution in [0.1, 0.15) is 310 Å². The number of fused-ring (bicyclic) bond motifs is 12. The maximum absolute atomic E-state index is 7.72. The highest BCUT2D eigenvalue weighted by molar-refractivity contribution is 6.35. The molecule has 10 heteroatoms. The molecule has 0 amide bonds. The Kier molecular flexibility index (Phi) is 30.9. The van der Waals surface area contributed by atoms with Crippen LogP contribution < -0.4 is 29.7 Å². The fourth-order valence-corrected chi connectivity index (χ4v) is 15.1. The first-order valence-corrected chi connectivity index (χ1v) is 39.0. The highest BCUT2D eigenvalue weighted by Gasteiger charge is 2.34. The van der Waals surface area contributed by atoms with Crippen LogP contribution in [-0.2, 0) is 13.1 Å². The second-order valence-electron chi connectivity index (χ2n) is 27.5. The lowest BCUT2D eigenvalue weighted by Crippen LogP contribution is -2.22. The van der Waals surface area contributed by atoms with Gasteiger partial charge < -0.3 is 28.1 Å². The summed E-state index contributed by atoms with van der Waals surface area (Å²) in [4.78, 5) is 10.9. The Hall–Kier alpha value is -4.92. The highest BCUT2D eigenvalue weighted by Crippen LogP contribution is 2.54. The molecule has 2 aromatic heterocycles. The largest absolute Gasteiger partial charge is 0.491 e. The lowest BCUT2D eigenvalue weighted by atomic mass is 10.0. The molecular weight excluding hydrogens is 1180 g/mol. The van der Waals surface area contributed by atoms with Crippen molar-refractivity contribution in [1.29, 1.82) is 0 Å². The van der Waals surface area contributed by atoms with Gasteiger partial charge in [-0.05, 0) is 37.8 Å². The number of aromatic nitrogens is 2. The van der Waals surface area contributed by atoms with E-state index < -0.39 is 0 Å². The topological polar surface area (TPSA) is 71.5 Å². The predicted molar refractivity (Wildman–Crippen MR) is 394 cm³/mol. The van der Waals surface area contributed by atoms with Gasteiger partial charge in [0.25, 0.3) is 0 Å². The molecule has 0 fully saturated rings. The first-order chi connectivity index (χ1) is 45.5. The number of ether oxygens (including phenoxy) is 4. The molecule has 0 saturated heterocycles. The SMILES string of the molecule is CCCCCCCCCCCCCCCCCCn1c2ccccc2c2c3c(c(OCCCCCCCC)cc21)N=c1c(Cl)c2c(c(Cl)c1O3)=Nc1c(OCCCCCCCC)cc3c(c1O2)c1ccccc1n3CCCCCCCCCCCCCCCCCC. The van der Waals surface area contributed by atoms with Crippen LogP contribution >= 0.6 is 23.2 Å². The van der Waals surface area contributed by atoms with Crippen LogP contribution in [0, 0.1) is 0 Å². The Bertz CT molecular complexity index is 3240. The number of nitrogens with zero attached hydrogens (tertiary/aromatic N) is 4. The molecule has 9 rings (SSSR count). The molecule has 4 heterocycles. The molecule has 504 valence electrons. The molecule has 0 N–H and O–H groups in total. The third-order valence-corrected chi connectivity index (χ3v) is 20.7. The highest BCUT2D eigenvalue weighted by atomic mass is 35.5. The Morgan fingerprint density at radius 2 is 0.598 bits per heavy atom. The molecule has 92 heavy (non-hydrogen) atoms. The number of hydrogen-bond acceptors (Lipinski definition) is 6. The van der Waals surface area contributed by atoms with E-state index in [1.165, 1.54) is 255 Å². The van der Waals surface area contributed by atoms with Crippen LogP contribution in [-0.4, -0.2) is 22.3 Å². The van der Waals surface area contributed by atoms with Crippen molar-refractivity contribution >= 4 is 78.2 Å². The molecule has 0 aliphatic carbocycles. The molecule has 8 nitrogen and oxygen atoms in total. The molecule has 7 aromatic rings. The quantitative estimate of drug-likeness (QED) is 0.0356. The van der Waals surface area contributed by atoms with E-state index in [0.29, 0.717) is 79.8 Å². The van der Waals surface area contributed by atoms with Gasteiger partial charge >= 0.3 is 0 Å². The van der Waals surface area contributed by atoms with Crippen LogP contribution in [0.4, 0.5) is 11.4 Å². The van der Waals surface area contributed by atoms with E-state index in [9.17, 15) is 0 Å². The minimum absolute atomic E-state index is 0.302. The Morgan fingerprint density at radius 1 is 0.326 bits per heavy atom. The fraction of sp³-hybridized carbons (Fsp3) is 0.634. The Morgan fingerprint density at radius 3 is 0.902 bits per heavy atom. The van der Waals surface area contributed by atoms with Crippen molar-refractivity contribution in [3.63, 3.8) is 0 Å². The number of aryl methyl sites for hydroxylation is 2. The molecule has 0 spiro atoms. The average Bonchev–Trinajstić information content (AvgIpc) is 1.40.